The van der Waals surface area contributed by atoms with Gasteiger partial charge in [0.15, 0.2) is 0 Å². The molecule has 0 saturated heterocycles. The zero-order chi connectivity index (χ0) is 25.6. The van der Waals surface area contributed by atoms with Crippen LogP contribution in [0.5, 0.6) is 5.75 Å². The minimum absolute atomic E-state index is 0.00672. The van der Waals surface area contributed by atoms with Crippen LogP contribution in [0, 0.1) is 15.5 Å². The van der Waals surface area contributed by atoms with Gasteiger partial charge in [0.05, 0.1) is 23.5 Å². The Hall–Kier alpha value is -3.33. The number of nitro groups is 1. The number of hydrogen-bond donors (Lipinski definition) is 1. The number of hydrogen-bond acceptors (Lipinski definition) is 7. The monoisotopic (exact) mass is 498 g/mol. The van der Waals surface area contributed by atoms with Crippen molar-refractivity contribution < 1.29 is 24.0 Å². The second kappa shape index (κ2) is 11.4. The molecule has 1 atom stereocenters. The third-order valence-corrected chi connectivity index (χ3v) is 6.66. The van der Waals surface area contributed by atoms with Gasteiger partial charge in [0, 0.05) is 35.1 Å². The van der Waals surface area contributed by atoms with Gasteiger partial charge in [-0.25, -0.2) is 0 Å². The highest BCUT2D eigenvalue weighted by Gasteiger charge is 2.28. The van der Waals surface area contributed by atoms with Crippen LogP contribution < -0.4 is 10.1 Å². The summed E-state index contributed by atoms with van der Waals surface area (Å²) >= 11 is 1.61. The zero-order valence-electron chi connectivity index (χ0n) is 20.3. The first-order valence-electron chi connectivity index (χ1n) is 11.2. The van der Waals surface area contributed by atoms with Crippen LogP contribution in [0.25, 0.3) is 6.08 Å². The Balaban J connectivity index is 1.64. The second-order valence-electron chi connectivity index (χ2n) is 9.33. The van der Waals surface area contributed by atoms with Crippen molar-refractivity contribution in [2.75, 3.05) is 19.5 Å². The molecule has 186 valence electrons. The van der Waals surface area contributed by atoms with E-state index >= 15 is 0 Å². The molecule has 1 aliphatic rings. The average Bonchev–Trinajstić information content (AvgIpc) is 3.26. The van der Waals surface area contributed by atoms with Crippen molar-refractivity contribution in [3.8, 4) is 5.75 Å². The number of esters is 1. The van der Waals surface area contributed by atoms with Crippen molar-refractivity contribution in [3.05, 3.63) is 74.8 Å². The minimum atomic E-state index is -0.653. The van der Waals surface area contributed by atoms with Crippen LogP contribution in [0.3, 0.4) is 0 Å². The van der Waals surface area contributed by atoms with Gasteiger partial charge >= 0.3 is 5.97 Å². The lowest BCUT2D eigenvalue weighted by Gasteiger charge is -2.22. The summed E-state index contributed by atoms with van der Waals surface area (Å²) in [6.45, 7) is 5.36. The van der Waals surface area contributed by atoms with E-state index in [1.54, 1.807) is 57.9 Å². The smallest absolute Gasteiger partial charge is 0.311 e. The van der Waals surface area contributed by atoms with Crippen molar-refractivity contribution in [2.45, 2.75) is 39.0 Å². The molecule has 0 heterocycles. The van der Waals surface area contributed by atoms with Crippen molar-refractivity contribution in [1.29, 1.82) is 0 Å². The molecule has 0 saturated carbocycles. The SMILES string of the molecule is COc1ccc(CSC[C@@H](COC(=O)C(C)(C)C)NC(=O)C2=Cc3cccc([N+](=O)[O-])c3C2)cc1. The molecule has 3 rings (SSSR count). The van der Waals surface area contributed by atoms with E-state index in [2.05, 4.69) is 5.32 Å². The van der Waals surface area contributed by atoms with Gasteiger partial charge in [0.1, 0.15) is 12.4 Å². The normalized spacial score (nSPS) is 13.4. The van der Waals surface area contributed by atoms with Gasteiger partial charge < -0.3 is 14.8 Å². The first-order chi connectivity index (χ1) is 16.6. The van der Waals surface area contributed by atoms with E-state index < -0.39 is 16.4 Å². The lowest BCUT2D eigenvalue weighted by molar-refractivity contribution is -0.385. The third kappa shape index (κ3) is 7.08. The molecule has 0 fully saturated rings. The molecule has 0 aromatic heterocycles. The number of amides is 1. The highest BCUT2D eigenvalue weighted by molar-refractivity contribution is 7.98. The van der Waals surface area contributed by atoms with Gasteiger partial charge in [-0.15, -0.1) is 0 Å². The van der Waals surface area contributed by atoms with E-state index in [0.717, 1.165) is 11.3 Å². The molecule has 0 aliphatic heterocycles. The Bertz CT molecular complexity index is 1120. The van der Waals surface area contributed by atoms with E-state index in [1.807, 2.05) is 24.3 Å². The summed E-state index contributed by atoms with van der Waals surface area (Å²) in [6.07, 6.45) is 1.87. The largest absolute Gasteiger partial charge is 0.497 e. The molecule has 8 nitrogen and oxygen atoms in total. The first-order valence-corrected chi connectivity index (χ1v) is 12.4. The van der Waals surface area contributed by atoms with Crippen LogP contribution in [0.4, 0.5) is 5.69 Å². The van der Waals surface area contributed by atoms with E-state index in [1.165, 1.54) is 6.07 Å². The Labute approximate surface area is 209 Å². The number of fused-ring (bicyclic) bond motifs is 1. The Morgan fingerprint density at radius 1 is 1.17 bits per heavy atom. The van der Waals surface area contributed by atoms with Crippen LogP contribution in [-0.4, -0.2) is 42.3 Å². The number of nitrogens with one attached hydrogen (secondary N) is 1. The van der Waals surface area contributed by atoms with Crippen LogP contribution >= 0.6 is 11.8 Å². The molecule has 1 N–H and O–H groups in total. The fourth-order valence-corrected chi connectivity index (χ4v) is 4.52. The fourth-order valence-electron chi connectivity index (χ4n) is 3.51. The van der Waals surface area contributed by atoms with Crippen molar-refractivity contribution >= 4 is 35.4 Å². The highest BCUT2D eigenvalue weighted by atomic mass is 32.2. The lowest BCUT2D eigenvalue weighted by atomic mass is 9.97. The first kappa shape index (κ1) is 26.3. The number of ether oxygens (including phenoxy) is 2. The molecule has 1 aliphatic carbocycles. The second-order valence-corrected chi connectivity index (χ2v) is 10.4. The summed E-state index contributed by atoms with van der Waals surface area (Å²) in [5, 5.41) is 14.3. The third-order valence-electron chi connectivity index (χ3n) is 5.48. The minimum Gasteiger partial charge on any atom is -0.497 e. The maximum Gasteiger partial charge on any atom is 0.311 e. The van der Waals surface area contributed by atoms with E-state index in [9.17, 15) is 19.7 Å². The maximum atomic E-state index is 13.0. The molecule has 0 bridgehead atoms. The molecule has 0 radical (unpaired) electrons. The van der Waals surface area contributed by atoms with E-state index in [0.29, 0.717) is 28.2 Å². The summed E-state index contributed by atoms with van der Waals surface area (Å²) < 4.78 is 10.7. The van der Waals surface area contributed by atoms with Crippen LogP contribution in [0.1, 0.15) is 37.5 Å². The Morgan fingerprint density at radius 3 is 2.51 bits per heavy atom. The van der Waals surface area contributed by atoms with Gasteiger partial charge in [-0.05, 0) is 50.1 Å². The zero-order valence-corrected chi connectivity index (χ0v) is 21.1. The predicted octanol–water partition coefficient (Wildman–Crippen LogP) is 4.55. The molecule has 2 aromatic carbocycles. The van der Waals surface area contributed by atoms with Crippen LogP contribution in [0.15, 0.2) is 48.0 Å². The number of methoxy groups -OCH3 is 1. The number of thioether (sulfide) groups is 1. The van der Waals surface area contributed by atoms with Gasteiger partial charge in [0.2, 0.25) is 5.91 Å². The molecule has 2 aromatic rings. The molecular formula is C26H30N2O6S. The lowest BCUT2D eigenvalue weighted by Crippen LogP contribution is -2.42. The van der Waals surface area contributed by atoms with Crippen LogP contribution in [0.2, 0.25) is 0 Å². The number of benzene rings is 2. The number of carbonyl (C=O) groups is 2. The van der Waals surface area contributed by atoms with Crippen molar-refractivity contribution in [1.82, 2.24) is 5.32 Å². The highest BCUT2D eigenvalue weighted by Crippen LogP contribution is 2.32. The fraction of sp³-hybridized carbons (Fsp3) is 0.385. The van der Waals surface area contributed by atoms with Crippen LogP contribution in [-0.2, 0) is 26.5 Å². The number of rotatable bonds is 10. The number of nitrogens with zero attached hydrogens (tertiary/aromatic N) is 1. The summed E-state index contributed by atoms with van der Waals surface area (Å²) in [7, 11) is 1.62. The Morgan fingerprint density at radius 2 is 1.89 bits per heavy atom. The summed E-state index contributed by atoms with van der Waals surface area (Å²) in [5.41, 5.74) is 2.11. The summed E-state index contributed by atoms with van der Waals surface area (Å²) in [6, 6.07) is 12.1. The van der Waals surface area contributed by atoms with Gasteiger partial charge in [-0.2, -0.15) is 11.8 Å². The van der Waals surface area contributed by atoms with E-state index in [-0.39, 0.29) is 30.6 Å². The number of nitro benzene ring substituents is 1. The maximum absolute atomic E-state index is 13.0. The topological polar surface area (TPSA) is 108 Å². The average molecular weight is 499 g/mol. The molecule has 35 heavy (non-hydrogen) atoms. The molecule has 1 amide bonds. The molecule has 0 spiro atoms. The molecular weight excluding hydrogens is 468 g/mol. The van der Waals surface area contributed by atoms with Gasteiger partial charge in [0.25, 0.3) is 5.69 Å². The molecule has 0 unspecified atom stereocenters. The quantitative estimate of drug-likeness (QED) is 0.291. The van der Waals surface area contributed by atoms with Gasteiger partial charge in [-0.3, -0.25) is 19.7 Å². The standard InChI is InChI=1S/C26H30N2O6S/c1-26(2,3)25(30)34-14-20(16-35-15-17-8-10-21(33-4)11-9-17)27-24(29)19-12-18-6-5-7-23(28(31)32)22(18)13-19/h5-12,20H,13-16H2,1-4H3,(H,27,29)/t20-/m1/s1. The number of carbonyl (C=O) groups excluding carboxylic acids is 2. The summed E-state index contributed by atoms with van der Waals surface area (Å²) in [4.78, 5) is 36.2. The molecule has 9 heteroatoms. The predicted molar refractivity (Wildman–Crippen MR) is 136 cm³/mol. The van der Waals surface area contributed by atoms with Crippen molar-refractivity contribution in [2.24, 2.45) is 5.41 Å². The van der Waals surface area contributed by atoms with Gasteiger partial charge in [-0.1, -0.05) is 24.3 Å². The Kier molecular flexibility index (Phi) is 8.56. The van der Waals surface area contributed by atoms with Crippen molar-refractivity contribution in [3.63, 3.8) is 0 Å². The summed E-state index contributed by atoms with van der Waals surface area (Å²) in [5.74, 6) is 1.35. The van der Waals surface area contributed by atoms with E-state index in [4.69, 9.17) is 9.47 Å².